The summed E-state index contributed by atoms with van der Waals surface area (Å²) in [6.07, 6.45) is 0. The maximum Gasteiger partial charge on any atom is 0.340 e. The molecule has 0 amide bonds. The number of aliphatic carboxylic acids is 2. The van der Waals surface area contributed by atoms with Crippen molar-refractivity contribution in [3.63, 3.8) is 0 Å². The van der Waals surface area contributed by atoms with Crippen LogP contribution in [0.2, 0.25) is 0 Å². The molecule has 0 heterocycles. The first-order chi connectivity index (χ1) is 7.21. The highest BCUT2D eigenvalue weighted by Crippen LogP contribution is 2.45. The van der Waals surface area contributed by atoms with Gasteiger partial charge >= 0.3 is 19.5 Å². The first-order valence-electron chi connectivity index (χ1n) is 4.30. The number of rotatable bonds is 7. The Bertz CT molecular complexity index is 312. The molecule has 0 saturated heterocycles. The molecule has 4 N–H and O–H groups in total. The zero-order chi connectivity index (χ0) is 12.9. The van der Waals surface area contributed by atoms with Crippen molar-refractivity contribution < 1.29 is 34.2 Å². The van der Waals surface area contributed by atoms with Gasteiger partial charge in [-0.3, -0.25) is 14.2 Å². The first-order valence-corrected chi connectivity index (χ1v) is 7.14. The van der Waals surface area contributed by atoms with E-state index in [9.17, 15) is 14.2 Å². The van der Waals surface area contributed by atoms with Crippen molar-refractivity contribution >= 4 is 31.3 Å². The molecular formula is C7H13O7PS. The standard InChI is InChI=1S/C7H13O7PS/c1-2-16-3-4(6(8)9)5(7(10)11)15(12,13)14/h4-5H,2-3H2,1H3,(H,8,9)(H,10,11)(H2,12,13,14). The maximum absolute atomic E-state index is 10.9. The molecule has 0 aliphatic heterocycles. The third-order valence-corrected chi connectivity index (χ3v) is 4.12. The highest BCUT2D eigenvalue weighted by Gasteiger charge is 2.45. The Kier molecular flexibility index (Phi) is 6.02. The van der Waals surface area contributed by atoms with E-state index in [2.05, 4.69) is 0 Å². The minimum Gasteiger partial charge on any atom is -0.481 e. The molecular weight excluding hydrogens is 259 g/mol. The Morgan fingerprint density at radius 3 is 2.00 bits per heavy atom. The Labute approximate surface area is 96.0 Å². The van der Waals surface area contributed by atoms with Crippen LogP contribution < -0.4 is 0 Å². The van der Waals surface area contributed by atoms with Crippen LogP contribution in [0.25, 0.3) is 0 Å². The lowest BCUT2D eigenvalue weighted by Crippen LogP contribution is -2.36. The summed E-state index contributed by atoms with van der Waals surface area (Å²) in [6, 6.07) is 0. The summed E-state index contributed by atoms with van der Waals surface area (Å²) >= 11 is 1.12. The second-order valence-electron chi connectivity index (χ2n) is 2.98. The van der Waals surface area contributed by atoms with Crippen LogP contribution >= 0.6 is 19.4 Å². The minimum absolute atomic E-state index is 0.145. The van der Waals surface area contributed by atoms with Crippen molar-refractivity contribution in [3.05, 3.63) is 0 Å². The van der Waals surface area contributed by atoms with Gasteiger partial charge in [0.1, 0.15) is 0 Å². The van der Waals surface area contributed by atoms with Gasteiger partial charge in [0.05, 0.1) is 5.92 Å². The number of carboxylic acids is 2. The van der Waals surface area contributed by atoms with Gasteiger partial charge in [-0.25, -0.2) is 0 Å². The molecule has 9 heteroatoms. The Morgan fingerprint density at radius 1 is 1.25 bits per heavy atom. The number of hydrogen-bond acceptors (Lipinski definition) is 4. The van der Waals surface area contributed by atoms with Gasteiger partial charge in [0.15, 0.2) is 5.66 Å². The molecule has 0 radical (unpaired) electrons. The van der Waals surface area contributed by atoms with E-state index < -0.39 is 31.1 Å². The zero-order valence-electron chi connectivity index (χ0n) is 8.44. The van der Waals surface area contributed by atoms with Crippen LogP contribution in [0.15, 0.2) is 0 Å². The number of thioether (sulfide) groups is 1. The van der Waals surface area contributed by atoms with Crippen LogP contribution in [0.3, 0.4) is 0 Å². The van der Waals surface area contributed by atoms with Crippen LogP contribution in [-0.4, -0.2) is 49.1 Å². The predicted molar refractivity (Wildman–Crippen MR) is 57.6 cm³/mol. The van der Waals surface area contributed by atoms with Crippen LogP contribution in [0.4, 0.5) is 0 Å². The molecule has 0 fully saturated rings. The van der Waals surface area contributed by atoms with E-state index in [0.29, 0.717) is 5.75 Å². The zero-order valence-corrected chi connectivity index (χ0v) is 10.1. The van der Waals surface area contributed by atoms with Gasteiger partial charge in [0.2, 0.25) is 0 Å². The second kappa shape index (κ2) is 6.24. The Balaban J connectivity index is 5.04. The van der Waals surface area contributed by atoms with Gasteiger partial charge in [0.25, 0.3) is 0 Å². The third-order valence-electron chi connectivity index (χ3n) is 1.82. The van der Waals surface area contributed by atoms with Crippen LogP contribution in [0.1, 0.15) is 6.92 Å². The maximum atomic E-state index is 10.9. The highest BCUT2D eigenvalue weighted by atomic mass is 32.2. The van der Waals surface area contributed by atoms with E-state index >= 15 is 0 Å². The molecule has 94 valence electrons. The Morgan fingerprint density at radius 2 is 1.75 bits per heavy atom. The minimum atomic E-state index is -4.98. The van der Waals surface area contributed by atoms with Gasteiger partial charge in [0, 0.05) is 5.75 Å². The van der Waals surface area contributed by atoms with Crippen molar-refractivity contribution in [1.82, 2.24) is 0 Å². The fourth-order valence-electron chi connectivity index (χ4n) is 1.09. The van der Waals surface area contributed by atoms with Gasteiger partial charge in [-0.1, -0.05) is 6.92 Å². The molecule has 0 aliphatic rings. The normalized spacial score (nSPS) is 15.4. The lowest BCUT2D eigenvalue weighted by Gasteiger charge is -2.20. The molecule has 0 bridgehead atoms. The van der Waals surface area contributed by atoms with E-state index in [1.165, 1.54) is 0 Å². The summed E-state index contributed by atoms with van der Waals surface area (Å²) in [7, 11) is -4.98. The smallest absolute Gasteiger partial charge is 0.340 e. The van der Waals surface area contributed by atoms with Gasteiger partial charge in [-0.2, -0.15) is 11.8 Å². The van der Waals surface area contributed by atoms with Gasteiger partial charge in [-0.05, 0) is 5.75 Å². The van der Waals surface area contributed by atoms with Crippen LogP contribution in [-0.2, 0) is 14.2 Å². The van der Waals surface area contributed by atoms with E-state index in [1.54, 1.807) is 6.92 Å². The second-order valence-corrected chi connectivity index (χ2v) is 6.03. The summed E-state index contributed by atoms with van der Waals surface area (Å²) in [5, 5.41) is 17.4. The van der Waals surface area contributed by atoms with Crippen molar-refractivity contribution in [2.75, 3.05) is 11.5 Å². The van der Waals surface area contributed by atoms with E-state index in [4.69, 9.17) is 20.0 Å². The van der Waals surface area contributed by atoms with E-state index in [1.807, 2.05) is 0 Å². The molecule has 16 heavy (non-hydrogen) atoms. The monoisotopic (exact) mass is 272 g/mol. The lowest BCUT2D eigenvalue weighted by molar-refractivity contribution is -0.147. The molecule has 2 atom stereocenters. The van der Waals surface area contributed by atoms with Crippen LogP contribution in [0.5, 0.6) is 0 Å². The molecule has 0 aromatic rings. The fraction of sp³-hybridized carbons (Fsp3) is 0.714. The molecule has 0 aromatic carbocycles. The molecule has 7 nitrogen and oxygen atoms in total. The summed E-state index contributed by atoms with van der Waals surface area (Å²) in [6.45, 7) is 1.73. The van der Waals surface area contributed by atoms with E-state index in [0.717, 1.165) is 11.8 Å². The summed E-state index contributed by atoms with van der Waals surface area (Å²) in [4.78, 5) is 39.1. The average Bonchev–Trinajstić information content (AvgIpc) is 2.08. The Hall–Kier alpha value is -0.560. The largest absolute Gasteiger partial charge is 0.481 e. The van der Waals surface area contributed by atoms with Crippen LogP contribution in [0, 0.1) is 5.92 Å². The summed E-state index contributed by atoms with van der Waals surface area (Å²) in [5.41, 5.74) is -2.19. The quantitative estimate of drug-likeness (QED) is 0.479. The van der Waals surface area contributed by atoms with Crippen molar-refractivity contribution in [2.24, 2.45) is 5.92 Å². The number of hydrogen-bond donors (Lipinski definition) is 4. The number of carbonyl (C=O) groups is 2. The van der Waals surface area contributed by atoms with Crippen molar-refractivity contribution in [1.29, 1.82) is 0 Å². The molecule has 0 spiro atoms. The molecule has 0 saturated carbocycles. The summed E-state index contributed by atoms with van der Waals surface area (Å²) < 4.78 is 10.9. The third kappa shape index (κ3) is 4.52. The number of carboxylic acid groups (broad SMARTS) is 2. The van der Waals surface area contributed by atoms with Gasteiger partial charge in [-0.15, -0.1) is 0 Å². The first kappa shape index (κ1) is 15.4. The van der Waals surface area contributed by atoms with Gasteiger partial charge < -0.3 is 20.0 Å². The molecule has 2 unspecified atom stereocenters. The summed E-state index contributed by atoms with van der Waals surface area (Å²) in [5.74, 6) is -4.51. The SMILES string of the molecule is CCSCC(C(=O)O)C(C(=O)O)P(=O)(O)O. The van der Waals surface area contributed by atoms with Crippen molar-refractivity contribution in [3.8, 4) is 0 Å². The van der Waals surface area contributed by atoms with Crippen molar-refractivity contribution in [2.45, 2.75) is 12.6 Å². The predicted octanol–water partition coefficient (Wildman–Crippen LogP) is 0.0712. The topological polar surface area (TPSA) is 132 Å². The highest BCUT2D eigenvalue weighted by molar-refractivity contribution is 7.99. The van der Waals surface area contributed by atoms with E-state index in [-0.39, 0.29) is 5.75 Å². The lowest BCUT2D eigenvalue weighted by atomic mass is 10.1. The average molecular weight is 272 g/mol. The molecule has 0 aromatic heterocycles. The molecule has 0 aliphatic carbocycles. The molecule has 0 rings (SSSR count). The fourth-order valence-corrected chi connectivity index (χ4v) is 3.05.